The Balaban J connectivity index is 2.24. The molecule has 15 heavy (non-hydrogen) atoms. The van der Waals surface area contributed by atoms with Crippen LogP contribution in [0.4, 0.5) is 0 Å². The summed E-state index contributed by atoms with van der Waals surface area (Å²) in [4.78, 5) is 14.7. The highest BCUT2D eigenvalue weighted by Crippen LogP contribution is 2.14. The molecular formula is C10H9N3O2. The normalized spacial score (nSPS) is 10.1. The second kappa shape index (κ2) is 3.91. The van der Waals surface area contributed by atoms with Gasteiger partial charge in [-0.25, -0.2) is 0 Å². The molecule has 2 N–H and O–H groups in total. The number of primary amides is 1. The first kappa shape index (κ1) is 9.39. The number of carbonyl (C=O) groups is 1. The van der Waals surface area contributed by atoms with E-state index in [9.17, 15) is 4.79 Å². The molecule has 0 atom stereocenters. The molecular weight excluding hydrogens is 194 g/mol. The fourth-order valence-corrected chi connectivity index (χ4v) is 1.18. The number of hydrogen-bond acceptors (Lipinski definition) is 4. The van der Waals surface area contributed by atoms with Crippen LogP contribution in [-0.2, 0) is 11.2 Å². The predicted octanol–water partition coefficient (Wildman–Crippen LogP) is 0.764. The zero-order chi connectivity index (χ0) is 10.7. The number of aromatic nitrogens is 2. The first-order valence-corrected chi connectivity index (χ1v) is 4.42. The van der Waals surface area contributed by atoms with Crippen molar-refractivity contribution in [1.29, 1.82) is 0 Å². The van der Waals surface area contributed by atoms with Crippen LogP contribution in [0.2, 0.25) is 0 Å². The van der Waals surface area contributed by atoms with Crippen LogP contribution in [0.5, 0.6) is 0 Å². The van der Waals surface area contributed by atoms with Crippen molar-refractivity contribution in [3.63, 3.8) is 0 Å². The summed E-state index contributed by atoms with van der Waals surface area (Å²) in [6.07, 6.45) is -0.0279. The molecule has 1 aromatic carbocycles. The molecule has 0 saturated heterocycles. The van der Waals surface area contributed by atoms with Crippen LogP contribution in [0, 0.1) is 0 Å². The first-order chi connectivity index (χ1) is 7.25. The Kier molecular flexibility index (Phi) is 2.45. The number of nitrogens with two attached hydrogens (primary N) is 1. The van der Waals surface area contributed by atoms with Crippen molar-refractivity contribution in [2.24, 2.45) is 5.73 Å². The third-order valence-corrected chi connectivity index (χ3v) is 1.83. The summed E-state index contributed by atoms with van der Waals surface area (Å²) >= 11 is 0. The first-order valence-electron chi connectivity index (χ1n) is 4.42. The summed E-state index contributed by atoms with van der Waals surface area (Å²) in [5, 5.41) is 3.75. The van der Waals surface area contributed by atoms with Gasteiger partial charge in [-0.2, -0.15) is 4.98 Å². The van der Waals surface area contributed by atoms with Gasteiger partial charge in [0.05, 0.1) is 0 Å². The Morgan fingerprint density at radius 3 is 2.73 bits per heavy atom. The lowest BCUT2D eigenvalue weighted by Crippen LogP contribution is -2.13. The second-order valence-electron chi connectivity index (χ2n) is 3.02. The Bertz CT molecular complexity index is 465. The van der Waals surface area contributed by atoms with Crippen molar-refractivity contribution in [2.45, 2.75) is 6.42 Å². The number of hydrogen-bond donors (Lipinski definition) is 1. The van der Waals surface area contributed by atoms with E-state index >= 15 is 0 Å². The van der Waals surface area contributed by atoms with Gasteiger partial charge >= 0.3 is 0 Å². The summed E-state index contributed by atoms with van der Waals surface area (Å²) in [7, 11) is 0. The lowest BCUT2D eigenvalue weighted by Gasteiger charge is -1.90. The third kappa shape index (κ3) is 2.19. The van der Waals surface area contributed by atoms with Crippen molar-refractivity contribution < 1.29 is 9.32 Å². The van der Waals surface area contributed by atoms with E-state index in [2.05, 4.69) is 10.1 Å². The lowest BCUT2D eigenvalue weighted by molar-refractivity contribution is -0.117. The Hall–Kier alpha value is -2.17. The van der Waals surface area contributed by atoms with Gasteiger partial charge in [0.15, 0.2) is 0 Å². The summed E-state index contributed by atoms with van der Waals surface area (Å²) < 4.78 is 4.87. The monoisotopic (exact) mass is 203 g/mol. The highest BCUT2D eigenvalue weighted by Gasteiger charge is 2.09. The molecule has 0 radical (unpaired) electrons. The summed E-state index contributed by atoms with van der Waals surface area (Å²) in [5.41, 5.74) is 5.85. The van der Waals surface area contributed by atoms with Gasteiger partial charge in [0.25, 0.3) is 0 Å². The molecule has 2 aromatic rings. The van der Waals surface area contributed by atoms with Crippen molar-refractivity contribution >= 4 is 5.91 Å². The maximum Gasteiger partial charge on any atom is 0.236 e. The highest BCUT2D eigenvalue weighted by atomic mass is 16.5. The smallest absolute Gasteiger partial charge is 0.236 e. The molecule has 5 heteroatoms. The molecule has 0 unspecified atom stereocenters. The average Bonchev–Trinajstić information content (AvgIpc) is 2.67. The van der Waals surface area contributed by atoms with Gasteiger partial charge in [-0.1, -0.05) is 35.5 Å². The van der Waals surface area contributed by atoms with Crippen LogP contribution < -0.4 is 5.73 Å². The van der Waals surface area contributed by atoms with Gasteiger partial charge in [0, 0.05) is 5.56 Å². The van der Waals surface area contributed by atoms with E-state index < -0.39 is 5.91 Å². The van der Waals surface area contributed by atoms with Crippen molar-refractivity contribution in [2.75, 3.05) is 0 Å². The van der Waals surface area contributed by atoms with E-state index in [1.165, 1.54) is 0 Å². The predicted molar refractivity (Wildman–Crippen MR) is 52.6 cm³/mol. The number of nitrogens with zero attached hydrogens (tertiary/aromatic N) is 2. The summed E-state index contributed by atoms with van der Waals surface area (Å²) in [5.74, 6) is 0.214. The van der Waals surface area contributed by atoms with E-state index in [0.29, 0.717) is 5.82 Å². The Morgan fingerprint density at radius 1 is 1.33 bits per heavy atom. The van der Waals surface area contributed by atoms with Gasteiger partial charge in [-0.3, -0.25) is 4.79 Å². The van der Waals surface area contributed by atoms with Crippen LogP contribution in [-0.4, -0.2) is 16.0 Å². The quantitative estimate of drug-likeness (QED) is 0.798. The maximum absolute atomic E-state index is 10.6. The summed E-state index contributed by atoms with van der Waals surface area (Å²) in [6, 6.07) is 9.37. The zero-order valence-electron chi connectivity index (χ0n) is 7.88. The van der Waals surface area contributed by atoms with Gasteiger partial charge in [-0.05, 0) is 0 Å². The molecule has 2 rings (SSSR count). The van der Waals surface area contributed by atoms with E-state index in [1.54, 1.807) is 0 Å². The molecule has 0 fully saturated rings. The molecule has 1 amide bonds. The average molecular weight is 203 g/mol. The van der Waals surface area contributed by atoms with Gasteiger partial charge in [-0.15, -0.1) is 0 Å². The number of amides is 1. The second-order valence-corrected chi connectivity index (χ2v) is 3.02. The van der Waals surface area contributed by atoms with Crippen molar-refractivity contribution in [1.82, 2.24) is 10.1 Å². The molecule has 0 bridgehead atoms. The van der Waals surface area contributed by atoms with E-state index in [0.717, 1.165) is 5.56 Å². The van der Waals surface area contributed by atoms with Gasteiger partial charge < -0.3 is 10.3 Å². The Labute approximate surface area is 85.9 Å². The maximum atomic E-state index is 10.6. The SMILES string of the molecule is NC(=O)Cc1nc(-c2ccccc2)no1. The van der Waals surface area contributed by atoms with Gasteiger partial charge in [0.1, 0.15) is 6.42 Å². The minimum Gasteiger partial charge on any atom is -0.369 e. The topological polar surface area (TPSA) is 82.0 Å². The minimum absolute atomic E-state index is 0.0279. The third-order valence-electron chi connectivity index (χ3n) is 1.83. The molecule has 76 valence electrons. The number of rotatable bonds is 3. The molecule has 1 aromatic heterocycles. The fourth-order valence-electron chi connectivity index (χ4n) is 1.18. The molecule has 0 spiro atoms. The Morgan fingerprint density at radius 2 is 2.07 bits per heavy atom. The van der Waals surface area contributed by atoms with E-state index in [-0.39, 0.29) is 12.3 Å². The van der Waals surface area contributed by atoms with Crippen LogP contribution in [0.3, 0.4) is 0 Å². The molecule has 0 aliphatic rings. The standard InChI is InChI=1S/C10H9N3O2/c11-8(14)6-9-12-10(13-15-9)7-4-2-1-3-5-7/h1-5H,6H2,(H2,11,14). The molecule has 1 heterocycles. The summed E-state index contributed by atoms with van der Waals surface area (Å²) in [6.45, 7) is 0. The number of benzene rings is 1. The highest BCUT2D eigenvalue weighted by molar-refractivity contribution is 5.75. The molecule has 0 aliphatic carbocycles. The molecule has 5 nitrogen and oxygen atoms in total. The molecule has 0 aliphatic heterocycles. The van der Waals surface area contributed by atoms with Crippen LogP contribution in [0.25, 0.3) is 11.4 Å². The van der Waals surface area contributed by atoms with Gasteiger partial charge in [0.2, 0.25) is 17.6 Å². The minimum atomic E-state index is -0.488. The van der Waals surface area contributed by atoms with Crippen LogP contribution in [0.15, 0.2) is 34.9 Å². The largest absolute Gasteiger partial charge is 0.369 e. The van der Waals surface area contributed by atoms with Crippen molar-refractivity contribution in [3.8, 4) is 11.4 Å². The van der Waals surface area contributed by atoms with Crippen LogP contribution >= 0.6 is 0 Å². The lowest BCUT2D eigenvalue weighted by atomic mass is 10.2. The number of carbonyl (C=O) groups excluding carboxylic acids is 1. The van der Waals surface area contributed by atoms with Crippen molar-refractivity contribution in [3.05, 3.63) is 36.2 Å². The fraction of sp³-hybridized carbons (Fsp3) is 0.100. The zero-order valence-corrected chi connectivity index (χ0v) is 7.88. The molecule has 0 saturated carbocycles. The van der Waals surface area contributed by atoms with E-state index in [4.69, 9.17) is 10.3 Å². The van der Waals surface area contributed by atoms with E-state index in [1.807, 2.05) is 30.3 Å². The van der Waals surface area contributed by atoms with Crippen LogP contribution in [0.1, 0.15) is 5.89 Å².